The lowest BCUT2D eigenvalue weighted by Crippen LogP contribution is -2.29. The summed E-state index contributed by atoms with van der Waals surface area (Å²) in [5, 5.41) is 14.4. The van der Waals surface area contributed by atoms with Gasteiger partial charge in [-0.25, -0.2) is 0 Å². The van der Waals surface area contributed by atoms with E-state index in [1.54, 1.807) is 10.9 Å². The fourth-order valence-electron chi connectivity index (χ4n) is 3.33. The summed E-state index contributed by atoms with van der Waals surface area (Å²) in [4.78, 5) is 2.26. The average Bonchev–Trinajstić information content (AvgIpc) is 3.22. The predicted octanol–water partition coefficient (Wildman–Crippen LogP) is 1.92. The lowest BCUT2D eigenvalue weighted by atomic mass is 10.1. The summed E-state index contributed by atoms with van der Waals surface area (Å²) in [5.74, 6) is 1.50. The highest BCUT2D eigenvalue weighted by Crippen LogP contribution is 2.40. The molecule has 0 bridgehead atoms. The fraction of sp³-hybridized carbons (Fsp3) is 0.500. The van der Waals surface area contributed by atoms with Crippen LogP contribution in [-0.2, 0) is 13.6 Å². The molecule has 5 heteroatoms. The molecule has 0 amide bonds. The first kappa shape index (κ1) is 14.7. The number of benzene rings is 1. The molecule has 122 valence electrons. The Balaban J connectivity index is 1.38. The van der Waals surface area contributed by atoms with Crippen LogP contribution in [0.3, 0.4) is 0 Å². The van der Waals surface area contributed by atoms with E-state index in [1.807, 2.05) is 13.2 Å². The molecule has 1 N–H and O–H groups in total. The average molecular weight is 313 g/mol. The number of ether oxygens (including phenoxy) is 1. The van der Waals surface area contributed by atoms with Crippen molar-refractivity contribution in [3.63, 3.8) is 0 Å². The second-order valence-corrected chi connectivity index (χ2v) is 6.79. The van der Waals surface area contributed by atoms with Crippen LogP contribution in [0.25, 0.3) is 0 Å². The highest BCUT2D eigenvalue weighted by Gasteiger charge is 2.33. The first-order valence-electron chi connectivity index (χ1n) is 8.32. The maximum Gasteiger partial charge on any atom is 0.157 e. The molecule has 1 aliphatic heterocycles. The molecule has 2 fully saturated rings. The first-order chi connectivity index (χ1) is 11.2. The van der Waals surface area contributed by atoms with E-state index >= 15 is 0 Å². The third-order valence-corrected chi connectivity index (χ3v) is 4.69. The smallest absolute Gasteiger partial charge is 0.157 e. The second-order valence-electron chi connectivity index (χ2n) is 6.79. The third kappa shape index (κ3) is 3.41. The number of likely N-dealkylation sites (tertiary alicyclic amines) is 1. The summed E-state index contributed by atoms with van der Waals surface area (Å²) in [6, 6.07) is 8.88. The fourth-order valence-corrected chi connectivity index (χ4v) is 3.33. The van der Waals surface area contributed by atoms with E-state index in [9.17, 15) is 5.11 Å². The lowest BCUT2D eigenvalue weighted by Gasteiger charge is -2.16. The summed E-state index contributed by atoms with van der Waals surface area (Å²) in [5.41, 5.74) is 2.79. The van der Waals surface area contributed by atoms with Crippen molar-refractivity contribution in [1.82, 2.24) is 14.7 Å². The van der Waals surface area contributed by atoms with E-state index in [0.29, 0.717) is 12.3 Å². The van der Waals surface area contributed by atoms with Gasteiger partial charge in [-0.15, -0.1) is 0 Å². The number of aryl methyl sites for hydroxylation is 1. The molecule has 4 rings (SSSR count). The van der Waals surface area contributed by atoms with Gasteiger partial charge in [-0.1, -0.05) is 24.3 Å². The lowest BCUT2D eigenvalue weighted by molar-refractivity contribution is 0.0736. The van der Waals surface area contributed by atoms with Crippen LogP contribution in [0.4, 0.5) is 0 Å². The molecule has 1 aromatic carbocycles. The number of aliphatic hydroxyl groups is 1. The maximum absolute atomic E-state index is 10.3. The molecule has 2 aromatic rings. The molecule has 23 heavy (non-hydrogen) atoms. The molecule has 1 saturated heterocycles. The molecule has 1 aromatic heterocycles. The van der Waals surface area contributed by atoms with Crippen LogP contribution >= 0.6 is 0 Å². The molecular weight excluding hydrogens is 290 g/mol. The maximum atomic E-state index is 10.3. The first-order valence-corrected chi connectivity index (χ1v) is 8.32. The van der Waals surface area contributed by atoms with E-state index in [0.717, 1.165) is 19.0 Å². The molecule has 1 aliphatic carbocycles. The third-order valence-electron chi connectivity index (χ3n) is 4.69. The normalized spacial score (nSPS) is 25.0. The van der Waals surface area contributed by atoms with Gasteiger partial charge in [0, 0.05) is 26.7 Å². The van der Waals surface area contributed by atoms with Gasteiger partial charge in [-0.05, 0) is 29.9 Å². The van der Waals surface area contributed by atoms with Crippen LogP contribution in [0, 0.1) is 0 Å². The van der Waals surface area contributed by atoms with Crippen molar-refractivity contribution >= 4 is 0 Å². The minimum absolute atomic E-state index is 0.189. The van der Waals surface area contributed by atoms with Gasteiger partial charge in [0.05, 0.1) is 12.4 Å². The van der Waals surface area contributed by atoms with Crippen molar-refractivity contribution in [2.24, 2.45) is 7.05 Å². The van der Waals surface area contributed by atoms with Crippen molar-refractivity contribution < 1.29 is 9.84 Å². The molecular formula is C18H23N3O2. The van der Waals surface area contributed by atoms with Gasteiger partial charge in [0.25, 0.3) is 0 Å². The standard InChI is InChI=1S/C18H23N3O2/c1-20-10-16(8-19-20)23-18-12-21(11-17(18)22)9-13-3-2-4-15(7-13)14-5-6-14/h2-4,7-8,10,14,17-18,22H,5-6,9,11-12H2,1H3/t17-,18-/m1/s1. The van der Waals surface area contributed by atoms with Crippen molar-refractivity contribution in [2.75, 3.05) is 13.1 Å². The molecule has 0 unspecified atom stereocenters. The Labute approximate surface area is 136 Å². The van der Waals surface area contributed by atoms with E-state index in [-0.39, 0.29) is 6.10 Å². The Morgan fingerprint density at radius 2 is 2.17 bits per heavy atom. The molecule has 1 saturated carbocycles. The number of hydrogen-bond acceptors (Lipinski definition) is 4. The van der Waals surface area contributed by atoms with Crippen molar-refractivity contribution in [1.29, 1.82) is 0 Å². The SMILES string of the molecule is Cn1cc(O[C@@H]2CN(Cc3cccc(C4CC4)c3)C[C@H]2O)cn1. The van der Waals surface area contributed by atoms with Crippen LogP contribution in [0.1, 0.15) is 29.9 Å². The molecule has 2 atom stereocenters. The summed E-state index contributed by atoms with van der Waals surface area (Å²) < 4.78 is 7.58. The van der Waals surface area contributed by atoms with Gasteiger partial charge < -0.3 is 9.84 Å². The van der Waals surface area contributed by atoms with E-state index in [2.05, 4.69) is 34.3 Å². The van der Waals surface area contributed by atoms with Crippen molar-refractivity contribution in [3.05, 3.63) is 47.8 Å². The summed E-state index contributed by atoms with van der Waals surface area (Å²) in [6.07, 6.45) is 5.52. The van der Waals surface area contributed by atoms with Crippen molar-refractivity contribution in [2.45, 2.75) is 37.5 Å². The van der Waals surface area contributed by atoms with Gasteiger partial charge in [0.2, 0.25) is 0 Å². The van der Waals surface area contributed by atoms with Crippen LogP contribution in [0.15, 0.2) is 36.7 Å². The number of β-amino-alcohol motifs (C(OH)–C–C–N with tert-alkyl or cyclic N) is 1. The summed E-state index contributed by atoms with van der Waals surface area (Å²) in [6.45, 7) is 2.26. The Hall–Kier alpha value is -1.85. The summed E-state index contributed by atoms with van der Waals surface area (Å²) in [7, 11) is 1.86. The number of nitrogens with zero attached hydrogens (tertiary/aromatic N) is 3. The van der Waals surface area contributed by atoms with E-state index < -0.39 is 6.10 Å². The van der Waals surface area contributed by atoms with Gasteiger partial charge in [0.15, 0.2) is 5.75 Å². The van der Waals surface area contributed by atoms with Gasteiger partial charge >= 0.3 is 0 Å². The molecule has 5 nitrogen and oxygen atoms in total. The predicted molar refractivity (Wildman–Crippen MR) is 87.3 cm³/mol. The van der Waals surface area contributed by atoms with Crippen molar-refractivity contribution in [3.8, 4) is 5.75 Å². The van der Waals surface area contributed by atoms with Crippen LogP contribution in [0.5, 0.6) is 5.75 Å². The quantitative estimate of drug-likeness (QED) is 0.916. The minimum atomic E-state index is -0.457. The number of aliphatic hydroxyl groups excluding tert-OH is 1. The minimum Gasteiger partial charge on any atom is -0.483 e. The van der Waals surface area contributed by atoms with Gasteiger partial charge in [0.1, 0.15) is 12.2 Å². The van der Waals surface area contributed by atoms with Crippen LogP contribution in [0.2, 0.25) is 0 Å². The largest absolute Gasteiger partial charge is 0.483 e. The zero-order chi connectivity index (χ0) is 15.8. The number of aromatic nitrogens is 2. The van der Waals surface area contributed by atoms with E-state index in [4.69, 9.17) is 4.74 Å². The zero-order valence-corrected chi connectivity index (χ0v) is 13.4. The Kier molecular flexibility index (Phi) is 3.83. The van der Waals surface area contributed by atoms with Crippen LogP contribution < -0.4 is 4.74 Å². The second kappa shape index (κ2) is 5.98. The Bertz CT molecular complexity index is 680. The van der Waals surface area contributed by atoms with Gasteiger partial charge in [-0.3, -0.25) is 9.58 Å². The van der Waals surface area contributed by atoms with E-state index in [1.165, 1.54) is 24.0 Å². The molecule has 0 spiro atoms. The highest BCUT2D eigenvalue weighted by atomic mass is 16.5. The Morgan fingerprint density at radius 1 is 1.30 bits per heavy atom. The number of hydrogen-bond donors (Lipinski definition) is 1. The Morgan fingerprint density at radius 3 is 2.91 bits per heavy atom. The van der Waals surface area contributed by atoms with Crippen LogP contribution in [-0.4, -0.2) is 45.1 Å². The highest BCUT2D eigenvalue weighted by molar-refractivity contribution is 5.29. The summed E-state index contributed by atoms with van der Waals surface area (Å²) >= 11 is 0. The number of rotatable bonds is 5. The topological polar surface area (TPSA) is 50.5 Å². The molecule has 2 heterocycles. The molecule has 0 radical (unpaired) electrons. The molecule has 2 aliphatic rings. The monoisotopic (exact) mass is 313 g/mol. The van der Waals surface area contributed by atoms with Gasteiger partial charge in [-0.2, -0.15) is 5.10 Å². The zero-order valence-electron chi connectivity index (χ0n) is 13.4.